The van der Waals surface area contributed by atoms with Gasteiger partial charge in [0.15, 0.2) is 0 Å². The van der Waals surface area contributed by atoms with Gasteiger partial charge in [-0.1, -0.05) is 18.2 Å². The third kappa shape index (κ3) is 2.40. The molecule has 3 nitrogen and oxygen atoms in total. The normalized spacial score (nSPS) is 10.8. The minimum absolute atomic E-state index is 0.276. The van der Waals surface area contributed by atoms with Crippen molar-refractivity contribution in [2.45, 2.75) is 13.5 Å². The standard InChI is InChI=1S/C16H15NO2/c1-11-4-2-3-5-16(11)19-10-13-8-12-9-14(18)6-7-15(12)17-13/h2-9,17-18H,10H2,1H3. The van der Waals surface area contributed by atoms with Crippen LogP contribution in [0.4, 0.5) is 0 Å². The number of phenolic OH excluding ortho intramolecular Hbond substituents is 1. The lowest BCUT2D eigenvalue weighted by atomic mass is 10.2. The minimum atomic E-state index is 0.276. The van der Waals surface area contributed by atoms with E-state index in [1.54, 1.807) is 12.1 Å². The molecule has 2 N–H and O–H groups in total. The molecule has 2 aromatic carbocycles. The van der Waals surface area contributed by atoms with E-state index in [2.05, 4.69) is 4.98 Å². The molecule has 3 rings (SSSR count). The first kappa shape index (κ1) is 11.7. The van der Waals surface area contributed by atoms with E-state index < -0.39 is 0 Å². The van der Waals surface area contributed by atoms with Crippen LogP contribution in [0.1, 0.15) is 11.3 Å². The van der Waals surface area contributed by atoms with Crippen LogP contribution in [0.3, 0.4) is 0 Å². The van der Waals surface area contributed by atoms with Gasteiger partial charge in [-0.25, -0.2) is 0 Å². The summed E-state index contributed by atoms with van der Waals surface area (Å²) in [7, 11) is 0. The van der Waals surface area contributed by atoms with E-state index in [0.29, 0.717) is 6.61 Å². The van der Waals surface area contributed by atoms with Crippen LogP contribution in [-0.4, -0.2) is 10.1 Å². The maximum atomic E-state index is 9.44. The number of phenols is 1. The van der Waals surface area contributed by atoms with Gasteiger partial charge in [0.1, 0.15) is 18.1 Å². The number of nitrogens with one attached hydrogen (secondary N) is 1. The van der Waals surface area contributed by atoms with Crippen LogP contribution in [-0.2, 0) is 6.61 Å². The van der Waals surface area contributed by atoms with Crippen molar-refractivity contribution in [3.63, 3.8) is 0 Å². The van der Waals surface area contributed by atoms with Crippen molar-refractivity contribution in [1.82, 2.24) is 4.98 Å². The molecule has 0 amide bonds. The maximum absolute atomic E-state index is 9.44. The number of hydrogen-bond acceptors (Lipinski definition) is 2. The number of aryl methyl sites for hydroxylation is 1. The summed E-state index contributed by atoms with van der Waals surface area (Å²) in [5, 5.41) is 10.4. The van der Waals surface area contributed by atoms with Crippen LogP contribution in [0.2, 0.25) is 0 Å². The Balaban J connectivity index is 1.80. The monoisotopic (exact) mass is 253 g/mol. The molecule has 3 heteroatoms. The lowest BCUT2D eigenvalue weighted by Gasteiger charge is -2.07. The molecule has 0 radical (unpaired) electrons. The molecule has 0 bridgehead atoms. The second-order valence-corrected chi connectivity index (χ2v) is 4.62. The van der Waals surface area contributed by atoms with Crippen molar-refractivity contribution in [1.29, 1.82) is 0 Å². The van der Waals surface area contributed by atoms with Gasteiger partial charge in [-0.15, -0.1) is 0 Å². The second kappa shape index (κ2) is 4.69. The van der Waals surface area contributed by atoms with Crippen molar-refractivity contribution in [3.8, 4) is 11.5 Å². The van der Waals surface area contributed by atoms with E-state index in [4.69, 9.17) is 4.74 Å². The highest BCUT2D eigenvalue weighted by atomic mass is 16.5. The van der Waals surface area contributed by atoms with Crippen LogP contribution in [0.5, 0.6) is 11.5 Å². The Kier molecular flexibility index (Phi) is 2.88. The second-order valence-electron chi connectivity index (χ2n) is 4.62. The number of H-pyrrole nitrogens is 1. The molecule has 96 valence electrons. The first-order valence-corrected chi connectivity index (χ1v) is 6.21. The summed E-state index contributed by atoms with van der Waals surface area (Å²) in [6, 6.07) is 15.2. The fourth-order valence-corrected chi connectivity index (χ4v) is 2.13. The lowest BCUT2D eigenvalue weighted by molar-refractivity contribution is 0.300. The SMILES string of the molecule is Cc1ccccc1OCc1cc2cc(O)ccc2[nH]1. The summed E-state index contributed by atoms with van der Waals surface area (Å²) in [5.41, 5.74) is 3.11. The van der Waals surface area contributed by atoms with Crippen LogP contribution in [0.15, 0.2) is 48.5 Å². The first-order valence-electron chi connectivity index (χ1n) is 6.21. The van der Waals surface area contributed by atoms with E-state index in [-0.39, 0.29) is 5.75 Å². The van der Waals surface area contributed by atoms with Crippen molar-refractivity contribution < 1.29 is 9.84 Å². The number of fused-ring (bicyclic) bond motifs is 1. The van der Waals surface area contributed by atoms with Gasteiger partial charge >= 0.3 is 0 Å². The van der Waals surface area contributed by atoms with Crippen molar-refractivity contribution in [2.75, 3.05) is 0 Å². The molecule has 19 heavy (non-hydrogen) atoms. The summed E-state index contributed by atoms with van der Waals surface area (Å²) in [4.78, 5) is 3.28. The Morgan fingerprint density at radius 1 is 1.11 bits per heavy atom. The van der Waals surface area contributed by atoms with E-state index in [1.807, 2.05) is 43.3 Å². The predicted octanol–water partition coefficient (Wildman–Crippen LogP) is 3.76. The predicted molar refractivity (Wildman–Crippen MR) is 75.5 cm³/mol. The van der Waals surface area contributed by atoms with Gasteiger partial charge < -0.3 is 14.8 Å². The molecule has 1 heterocycles. The Labute approximate surface area is 111 Å². The van der Waals surface area contributed by atoms with Crippen molar-refractivity contribution in [3.05, 3.63) is 59.8 Å². The molecule has 0 saturated heterocycles. The third-order valence-electron chi connectivity index (χ3n) is 3.14. The molecule has 3 aromatic rings. The van der Waals surface area contributed by atoms with Crippen LogP contribution in [0.25, 0.3) is 10.9 Å². The van der Waals surface area contributed by atoms with Gasteiger partial charge in [-0.05, 0) is 42.8 Å². The topological polar surface area (TPSA) is 45.2 Å². The van der Waals surface area contributed by atoms with Crippen LogP contribution >= 0.6 is 0 Å². The van der Waals surface area contributed by atoms with Gasteiger partial charge in [0.2, 0.25) is 0 Å². The highest BCUT2D eigenvalue weighted by Gasteiger charge is 2.03. The van der Waals surface area contributed by atoms with Crippen molar-refractivity contribution >= 4 is 10.9 Å². The number of para-hydroxylation sites is 1. The Hall–Kier alpha value is -2.42. The molecular weight excluding hydrogens is 238 g/mol. The summed E-state index contributed by atoms with van der Waals surface area (Å²) in [6.07, 6.45) is 0. The Bertz CT molecular complexity index is 716. The molecule has 0 aliphatic carbocycles. The third-order valence-corrected chi connectivity index (χ3v) is 3.14. The average Bonchev–Trinajstić information content (AvgIpc) is 2.79. The molecule has 0 aliphatic rings. The maximum Gasteiger partial charge on any atom is 0.128 e. The van der Waals surface area contributed by atoms with Gasteiger partial charge in [-0.2, -0.15) is 0 Å². The zero-order valence-electron chi connectivity index (χ0n) is 10.7. The minimum Gasteiger partial charge on any atom is -0.508 e. The van der Waals surface area contributed by atoms with E-state index >= 15 is 0 Å². The first-order chi connectivity index (χ1) is 9.22. The highest BCUT2D eigenvalue weighted by molar-refractivity contribution is 5.81. The van der Waals surface area contributed by atoms with E-state index in [9.17, 15) is 5.11 Å². The fourth-order valence-electron chi connectivity index (χ4n) is 2.13. The molecule has 0 saturated carbocycles. The summed E-state index contributed by atoms with van der Waals surface area (Å²) >= 11 is 0. The van der Waals surface area contributed by atoms with E-state index in [0.717, 1.165) is 27.9 Å². The number of benzene rings is 2. The number of hydrogen-bond donors (Lipinski definition) is 2. The number of ether oxygens (including phenoxy) is 1. The van der Waals surface area contributed by atoms with Crippen LogP contribution in [0, 0.1) is 6.92 Å². The van der Waals surface area contributed by atoms with Crippen molar-refractivity contribution in [2.24, 2.45) is 0 Å². The van der Waals surface area contributed by atoms with E-state index in [1.165, 1.54) is 0 Å². The van der Waals surface area contributed by atoms with Gasteiger partial charge in [0, 0.05) is 10.9 Å². The quantitative estimate of drug-likeness (QED) is 0.746. The fraction of sp³-hybridized carbons (Fsp3) is 0.125. The van der Waals surface area contributed by atoms with Gasteiger partial charge in [0.25, 0.3) is 0 Å². The molecule has 1 aromatic heterocycles. The largest absolute Gasteiger partial charge is 0.508 e. The van der Waals surface area contributed by atoms with Crippen LogP contribution < -0.4 is 4.74 Å². The Morgan fingerprint density at radius 3 is 2.79 bits per heavy atom. The number of aromatic hydroxyl groups is 1. The number of aromatic nitrogens is 1. The summed E-state index contributed by atoms with van der Waals surface area (Å²) < 4.78 is 5.79. The Morgan fingerprint density at radius 2 is 1.95 bits per heavy atom. The summed E-state index contributed by atoms with van der Waals surface area (Å²) in [6.45, 7) is 2.51. The summed E-state index contributed by atoms with van der Waals surface area (Å²) in [5.74, 6) is 1.17. The molecule has 0 atom stereocenters. The smallest absolute Gasteiger partial charge is 0.128 e. The average molecular weight is 253 g/mol. The molecule has 0 aliphatic heterocycles. The number of rotatable bonds is 3. The molecule has 0 unspecified atom stereocenters. The van der Waals surface area contributed by atoms with Gasteiger partial charge in [0.05, 0.1) is 5.69 Å². The lowest BCUT2D eigenvalue weighted by Crippen LogP contribution is -1.96. The zero-order valence-corrected chi connectivity index (χ0v) is 10.7. The molecule has 0 spiro atoms. The van der Waals surface area contributed by atoms with Gasteiger partial charge in [-0.3, -0.25) is 0 Å². The molecular formula is C16H15NO2. The molecule has 0 fully saturated rings. The number of aromatic amines is 1. The highest BCUT2D eigenvalue weighted by Crippen LogP contribution is 2.22. The zero-order chi connectivity index (χ0) is 13.2.